The standard InChI is InChI=1S/C6H9F3O3.C4H10O2.C3H6O.CH4O/c1-4(10)12-5(3-11-2)6(7,8)9;1-4(5)3-6-2;1-3-2-4-3;1-2/h5H,3H2,1-2H3;4-5H,3H2,1-2H3;3H,2H2,1H3;2H,1H3. The summed E-state index contributed by atoms with van der Waals surface area (Å²) in [4.78, 5) is 10.2. The third-order valence-corrected chi connectivity index (χ3v) is 1.90. The van der Waals surface area contributed by atoms with Gasteiger partial charge in [0.05, 0.1) is 32.0 Å². The first-order valence-corrected chi connectivity index (χ1v) is 7.00. The van der Waals surface area contributed by atoms with Gasteiger partial charge in [-0.1, -0.05) is 0 Å². The Hall–Kier alpha value is -0.940. The predicted octanol–water partition coefficient (Wildman–Crippen LogP) is 1.15. The first-order valence-electron chi connectivity index (χ1n) is 7.00. The van der Waals surface area contributed by atoms with Crippen LogP contribution in [0.15, 0.2) is 0 Å². The Labute approximate surface area is 140 Å². The highest BCUT2D eigenvalue weighted by atomic mass is 19.4. The number of carbonyl (C=O) groups is 1. The highest BCUT2D eigenvalue weighted by molar-refractivity contribution is 5.66. The van der Waals surface area contributed by atoms with E-state index in [0.29, 0.717) is 12.7 Å². The molecule has 3 atom stereocenters. The zero-order valence-corrected chi connectivity index (χ0v) is 14.9. The molecule has 0 saturated carbocycles. The molecule has 1 aliphatic rings. The fourth-order valence-corrected chi connectivity index (χ4v) is 0.884. The van der Waals surface area contributed by atoms with Crippen molar-refractivity contribution in [3.05, 3.63) is 0 Å². The van der Waals surface area contributed by atoms with Gasteiger partial charge in [-0.25, -0.2) is 0 Å². The molecule has 1 rings (SSSR count). The summed E-state index contributed by atoms with van der Waals surface area (Å²) in [5.74, 6) is -0.977. The Bertz CT molecular complexity index is 282. The van der Waals surface area contributed by atoms with Gasteiger partial charge in [0.1, 0.15) is 0 Å². The lowest BCUT2D eigenvalue weighted by molar-refractivity contribution is -0.229. The quantitative estimate of drug-likeness (QED) is 0.556. The number of hydrogen-bond donors (Lipinski definition) is 2. The number of methoxy groups -OCH3 is 2. The van der Waals surface area contributed by atoms with E-state index in [1.807, 2.05) is 0 Å². The van der Waals surface area contributed by atoms with Gasteiger partial charge in [0.25, 0.3) is 0 Å². The maximum Gasteiger partial charge on any atom is 0.427 e. The van der Waals surface area contributed by atoms with Crippen LogP contribution < -0.4 is 0 Å². The summed E-state index contributed by atoms with van der Waals surface area (Å²) in [6.07, 6.45) is -6.48. The van der Waals surface area contributed by atoms with Gasteiger partial charge in [-0.3, -0.25) is 4.79 Å². The van der Waals surface area contributed by atoms with Gasteiger partial charge >= 0.3 is 12.1 Å². The van der Waals surface area contributed by atoms with E-state index in [-0.39, 0.29) is 6.10 Å². The Morgan fingerprint density at radius 2 is 1.62 bits per heavy atom. The molecule has 0 aliphatic carbocycles. The average molecular weight is 366 g/mol. The Kier molecular flexibility index (Phi) is 19.6. The number of carbonyl (C=O) groups excluding carboxylic acids is 1. The summed E-state index contributed by atoms with van der Waals surface area (Å²) in [7, 11) is 3.66. The fourth-order valence-electron chi connectivity index (χ4n) is 0.884. The van der Waals surface area contributed by atoms with E-state index in [1.54, 1.807) is 14.0 Å². The zero-order chi connectivity index (χ0) is 19.8. The number of hydrogen-bond acceptors (Lipinski definition) is 7. The van der Waals surface area contributed by atoms with Crippen LogP contribution in [0.2, 0.25) is 0 Å². The maximum atomic E-state index is 11.9. The normalized spacial score (nSPS) is 17.5. The van der Waals surface area contributed by atoms with Crippen LogP contribution in [0.3, 0.4) is 0 Å². The van der Waals surface area contributed by atoms with Gasteiger partial charge in [-0.15, -0.1) is 0 Å². The minimum atomic E-state index is -4.57. The Morgan fingerprint density at radius 1 is 1.25 bits per heavy atom. The number of epoxide rings is 1. The monoisotopic (exact) mass is 366 g/mol. The van der Waals surface area contributed by atoms with E-state index in [0.717, 1.165) is 27.8 Å². The minimum Gasteiger partial charge on any atom is -0.450 e. The summed E-state index contributed by atoms with van der Waals surface area (Å²) in [6.45, 7) is 5.39. The third-order valence-electron chi connectivity index (χ3n) is 1.90. The van der Waals surface area contributed by atoms with Crippen molar-refractivity contribution < 1.29 is 47.1 Å². The van der Waals surface area contributed by atoms with E-state index in [4.69, 9.17) is 14.9 Å². The van der Waals surface area contributed by atoms with Crippen LogP contribution in [-0.2, 0) is 23.7 Å². The topological polar surface area (TPSA) is 97.8 Å². The van der Waals surface area contributed by atoms with Crippen molar-refractivity contribution in [1.82, 2.24) is 0 Å². The molecule has 0 aromatic heterocycles. The van der Waals surface area contributed by atoms with Crippen molar-refractivity contribution in [2.45, 2.75) is 45.3 Å². The van der Waals surface area contributed by atoms with Crippen LogP contribution in [0.4, 0.5) is 13.2 Å². The van der Waals surface area contributed by atoms with Gasteiger partial charge in [-0.2, -0.15) is 13.2 Å². The van der Waals surface area contributed by atoms with Gasteiger partial charge in [-0.05, 0) is 13.8 Å². The van der Waals surface area contributed by atoms with Gasteiger partial charge in [0.15, 0.2) is 0 Å². The number of ether oxygens (including phenoxy) is 4. The van der Waals surface area contributed by atoms with Gasteiger partial charge in [0.2, 0.25) is 6.10 Å². The summed E-state index contributed by atoms with van der Waals surface area (Å²) in [5.41, 5.74) is 0. The lowest BCUT2D eigenvalue weighted by atomic mass is 10.4. The van der Waals surface area contributed by atoms with Gasteiger partial charge in [0, 0.05) is 28.3 Å². The number of halogens is 3. The summed E-state index contributed by atoms with van der Waals surface area (Å²) in [5, 5.41) is 15.4. The second kappa shape index (κ2) is 16.9. The molecule has 1 saturated heterocycles. The summed E-state index contributed by atoms with van der Waals surface area (Å²) >= 11 is 0. The summed E-state index contributed by atoms with van der Waals surface area (Å²) in [6, 6.07) is 0. The van der Waals surface area contributed by atoms with E-state index in [1.165, 1.54) is 0 Å². The number of aliphatic hydroxyl groups excluding tert-OH is 2. The SMILES string of the molecule is CC1CO1.CO.COCC(C)O.COCC(OC(C)=O)C(F)(F)F. The molecule has 1 aliphatic heterocycles. The van der Waals surface area contributed by atoms with E-state index in [9.17, 15) is 18.0 Å². The highest BCUT2D eigenvalue weighted by Gasteiger charge is 2.42. The van der Waals surface area contributed by atoms with Crippen molar-refractivity contribution in [1.29, 1.82) is 0 Å². The van der Waals surface area contributed by atoms with Crippen LogP contribution >= 0.6 is 0 Å². The number of aliphatic hydroxyl groups is 2. The predicted molar refractivity (Wildman–Crippen MR) is 80.6 cm³/mol. The van der Waals surface area contributed by atoms with Crippen LogP contribution in [0.1, 0.15) is 20.8 Å². The van der Waals surface area contributed by atoms with Crippen molar-refractivity contribution in [3.8, 4) is 0 Å². The zero-order valence-electron chi connectivity index (χ0n) is 14.9. The molecule has 1 heterocycles. The molecule has 1 fully saturated rings. The molecule has 0 amide bonds. The molecule has 0 bridgehead atoms. The van der Waals surface area contributed by atoms with Crippen molar-refractivity contribution in [2.75, 3.05) is 41.2 Å². The molecule has 0 radical (unpaired) electrons. The minimum absolute atomic E-state index is 0.324. The molecule has 0 aromatic carbocycles. The van der Waals surface area contributed by atoms with Crippen molar-refractivity contribution in [2.24, 2.45) is 0 Å². The molecular formula is C14H29F3O7. The molecule has 0 aromatic rings. The van der Waals surface area contributed by atoms with Crippen molar-refractivity contribution in [3.63, 3.8) is 0 Å². The molecule has 24 heavy (non-hydrogen) atoms. The van der Waals surface area contributed by atoms with E-state index in [2.05, 4.69) is 21.1 Å². The lowest BCUT2D eigenvalue weighted by Gasteiger charge is -2.18. The Morgan fingerprint density at radius 3 is 1.75 bits per heavy atom. The number of alkyl halides is 3. The second-order valence-corrected chi connectivity index (χ2v) is 4.54. The average Bonchev–Trinajstić information content (AvgIpc) is 3.23. The van der Waals surface area contributed by atoms with E-state index >= 15 is 0 Å². The Balaban J connectivity index is -0.000000302. The van der Waals surface area contributed by atoms with Crippen molar-refractivity contribution >= 4 is 5.97 Å². The lowest BCUT2D eigenvalue weighted by Crippen LogP contribution is -2.36. The smallest absolute Gasteiger partial charge is 0.427 e. The van der Waals surface area contributed by atoms with Crippen LogP contribution in [0.5, 0.6) is 0 Å². The van der Waals surface area contributed by atoms with Crippen LogP contribution in [0.25, 0.3) is 0 Å². The maximum absolute atomic E-state index is 11.9. The molecule has 0 spiro atoms. The second-order valence-electron chi connectivity index (χ2n) is 4.54. The first-order chi connectivity index (χ1) is 11.0. The third kappa shape index (κ3) is 26.0. The first kappa shape index (κ1) is 27.9. The van der Waals surface area contributed by atoms with Crippen LogP contribution in [0, 0.1) is 0 Å². The molecular weight excluding hydrogens is 337 g/mol. The van der Waals surface area contributed by atoms with Gasteiger partial charge < -0.3 is 29.2 Å². The fraction of sp³-hybridized carbons (Fsp3) is 0.929. The molecule has 10 heteroatoms. The largest absolute Gasteiger partial charge is 0.450 e. The molecule has 7 nitrogen and oxygen atoms in total. The molecule has 2 N–H and O–H groups in total. The highest BCUT2D eigenvalue weighted by Crippen LogP contribution is 2.23. The molecule has 3 unspecified atom stereocenters. The summed E-state index contributed by atoms with van der Waals surface area (Å²) < 4.78 is 53.2. The number of esters is 1. The van der Waals surface area contributed by atoms with E-state index < -0.39 is 24.9 Å². The molecule has 148 valence electrons. The van der Waals surface area contributed by atoms with Crippen LogP contribution in [-0.4, -0.2) is 81.8 Å². The number of rotatable bonds is 5.